The van der Waals surface area contributed by atoms with Crippen molar-refractivity contribution in [3.63, 3.8) is 0 Å². The number of benzene rings is 2. The maximum absolute atomic E-state index is 10.2. The standard InChI is InChI=1S/C19H20N2O/c1-4-17-18(15-7-5-6-14(3)12-15)21(20-19(17)22)16-10-8-13(2)9-11-16/h5-12H,4H2,1-3H3,(H,20,22). The summed E-state index contributed by atoms with van der Waals surface area (Å²) in [5.41, 5.74) is 6.27. The highest BCUT2D eigenvalue weighted by atomic mass is 16.3. The molecule has 0 aliphatic carbocycles. The molecular weight excluding hydrogens is 272 g/mol. The predicted octanol–water partition coefficient (Wildman–Crippen LogP) is 4.42. The van der Waals surface area contributed by atoms with Gasteiger partial charge in [-0.1, -0.05) is 48.4 Å². The van der Waals surface area contributed by atoms with Crippen LogP contribution in [0.15, 0.2) is 48.5 Å². The Morgan fingerprint density at radius 2 is 1.73 bits per heavy atom. The van der Waals surface area contributed by atoms with Crippen molar-refractivity contribution in [2.45, 2.75) is 27.2 Å². The Balaban J connectivity index is 2.25. The molecule has 0 aliphatic rings. The zero-order valence-electron chi connectivity index (χ0n) is 13.2. The second-order valence-corrected chi connectivity index (χ2v) is 5.62. The van der Waals surface area contributed by atoms with E-state index in [4.69, 9.17) is 0 Å². The van der Waals surface area contributed by atoms with Crippen molar-refractivity contribution in [1.82, 2.24) is 9.78 Å². The largest absolute Gasteiger partial charge is 0.492 e. The molecular formula is C19H20N2O. The number of nitrogens with zero attached hydrogens (tertiary/aromatic N) is 2. The summed E-state index contributed by atoms with van der Waals surface area (Å²) in [4.78, 5) is 0. The summed E-state index contributed by atoms with van der Waals surface area (Å²) in [6.07, 6.45) is 0.737. The molecule has 0 unspecified atom stereocenters. The molecule has 0 saturated carbocycles. The van der Waals surface area contributed by atoms with Crippen molar-refractivity contribution < 1.29 is 5.11 Å². The van der Waals surface area contributed by atoms with Gasteiger partial charge in [0.25, 0.3) is 0 Å². The highest BCUT2D eigenvalue weighted by molar-refractivity contribution is 5.68. The van der Waals surface area contributed by atoms with Gasteiger partial charge in [-0.3, -0.25) is 0 Å². The molecule has 1 aromatic heterocycles. The van der Waals surface area contributed by atoms with E-state index in [-0.39, 0.29) is 5.88 Å². The molecule has 3 aromatic rings. The summed E-state index contributed by atoms with van der Waals surface area (Å²) in [5, 5.41) is 14.6. The number of aromatic nitrogens is 2. The molecule has 0 amide bonds. The quantitative estimate of drug-likeness (QED) is 0.775. The average Bonchev–Trinajstić information content (AvgIpc) is 2.84. The Morgan fingerprint density at radius 1 is 1.00 bits per heavy atom. The van der Waals surface area contributed by atoms with Crippen LogP contribution in [0, 0.1) is 13.8 Å². The van der Waals surface area contributed by atoms with Gasteiger partial charge in [0.1, 0.15) is 0 Å². The summed E-state index contributed by atoms with van der Waals surface area (Å²) >= 11 is 0. The second kappa shape index (κ2) is 5.68. The molecule has 0 spiro atoms. The van der Waals surface area contributed by atoms with Crippen LogP contribution in [0.1, 0.15) is 23.6 Å². The van der Waals surface area contributed by atoms with Crippen LogP contribution in [-0.4, -0.2) is 14.9 Å². The minimum absolute atomic E-state index is 0.111. The van der Waals surface area contributed by atoms with E-state index in [1.54, 1.807) is 0 Å². The van der Waals surface area contributed by atoms with Gasteiger partial charge < -0.3 is 5.11 Å². The molecule has 3 nitrogen and oxygen atoms in total. The fourth-order valence-electron chi connectivity index (χ4n) is 2.73. The molecule has 0 radical (unpaired) electrons. The van der Waals surface area contributed by atoms with Gasteiger partial charge in [-0.2, -0.15) is 0 Å². The monoisotopic (exact) mass is 292 g/mol. The van der Waals surface area contributed by atoms with Crippen LogP contribution < -0.4 is 0 Å². The molecule has 0 atom stereocenters. The van der Waals surface area contributed by atoms with Gasteiger partial charge in [0.2, 0.25) is 5.88 Å². The lowest BCUT2D eigenvalue weighted by Crippen LogP contribution is -2.00. The van der Waals surface area contributed by atoms with Crippen LogP contribution in [0.3, 0.4) is 0 Å². The molecule has 1 heterocycles. The van der Waals surface area contributed by atoms with Gasteiger partial charge in [-0.15, -0.1) is 5.10 Å². The molecule has 3 rings (SSSR count). The first-order chi connectivity index (χ1) is 10.6. The fourth-order valence-corrected chi connectivity index (χ4v) is 2.73. The Kier molecular flexibility index (Phi) is 3.72. The maximum Gasteiger partial charge on any atom is 0.234 e. The fraction of sp³-hybridized carbons (Fsp3) is 0.211. The number of aromatic hydroxyl groups is 1. The van der Waals surface area contributed by atoms with Crippen molar-refractivity contribution in [2.75, 3.05) is 0 Å². The highest BCUT2D eigenvalue weighted by Gasteiger charge is 2.18. The third-order valence-corrected chi connectivity index (χ3v) is 3.89. The molecule has 0 aliphatic heterocycles. The van der Waals surface area contributed by atoms with Crippen molar-refractivity contribution in [3.05, 3.63) is 65.2 Å². The van der Waals surface area contributed by atoms with Crippen LogP contribution in [0.5, 0.6) is 5.88 Å². The SMILES string of the molecule is CCc1c(O)nn(-c2ccc(C)cc2)c1-c1cccc(C)c1. The molecule has 112 valence electrons. The Bertz CT molecular complexity index is 801. The molecule has 22 heavy (non-hydrogen) atoms. The molecule has 0 saturated heterocycles. The first-order valence-corrected chi connectivity index (χ1v) is 7.55. The molecule has 2 aromatic carbocycles. The predicted molar refractivity (Wildman–Crippen MR) is 89.5 cm³/mol. The first kappa shape index (κ1) is 14.4. The van der Waals surface area contributed by atoms with E-state index in [0.717, 1.165) is 28.9 Å². The van der Waals surface area contributed by atoms with Crippen LogP contribution in [-0.2, 0) is 6.42 Å². The summed E-state index contributed by atoms with van der Waals surface area (Å²) in [6, 6.07) is 16.5. The van der Waals surface area contributed by atoms with Gasteiger partial charge in [0.15, 0.2) is 0 Å². The minimum atomic E-state index is 0.111. The van der Waals surface area contributed by atoms with E-state index in [2.05, 4.69) is 49.3 Å². The smallest absolute Gasteiger partial charge is 0.234 e. The minimum Gasteiger partial charge on any atom is -0.492 e. The first-order valence-electron chi connectivity index (χ1n) is 7.55. The van der Waals surface area contributed by atoms with E-state index >= 15 is 0 Å². The van der Waals surface area contributed by atoms with Crippen molar-refractivity contribution in [1.29, 1.82) is 0 Å². The van der Waals surface area contributed by atoms with E-state index in [0.29, 0.717) is 0 Å². The van der Waals surface area contributed by atoms with Gasteiger partial charge in [0.05, 0.1) is 11.4 Å². The Hall–Kier alpha value is -2.55. The molecule has 0 fully saturated rings. The summed E-state index contributed by atoms with van der Waals surface area (Å²) in [7, 11) is 0. The molecule has 3 heteroatoms. The Labute approximate surface area is 130 Å². The van der Waals surface area contributed by atoms with Crippen molar-refractivity contribution >= 4 is 0 Å². The van der Waals surface area contributed by atoms with Gasteiger partial charge in [0, 0.05) is 11.1 Å². The van der Waals surface area contributed by atoms with Gasteiger partial charge >= 0.3 is 0 Å². The van der Waals surface area contributed by atoms with Crippen LogP contribution in [0.25, 0.3) is 16.9 Å². The maximum atomic E-state index is 10.2. The lowest BCUT2D eigenvalue weighted by molar-refractivity contribution is 0.443. The third-order valence-electron chi connectivity index (χ3n) is 3.89. The van der Waals surface area contributed by atoms with E-state index < -0.39 is 0 Å². The summed E-state index contributed by atoms with van der Waals surface area (Å²) < 4.78 is 1.84. The van der Waals surface area contributed by atoms with Gasteiger partial charge in [-0.25, -0.2) is 4.68 Å². The zero-order chi connectivity index (χ0) is 15.7. The van der Waals surface area contributed by atoms with E-state index in [1.807, 2.05) is 29.8 Å². The van der Waals surface area contributed by atoms with Crippen LogP contribution in [0.2, 0.25) is 0 Å². The third kappa shape index (κ3) is 2.50. The molecule has 1 N–H and O–H groups in total. The second-order valence-electron chi connectivity index (χ2n) is 5.62. The number of rotatable bonds is 3. The van der Waals surface area contributed by atoms with Crippen LogP contribution >= 0.6 is 0 Å². The number of hydrogen-bond acceptors (Lipinski definition) is 2. The lowest BCUT2D eigenvalue weighted by Gasteiger charge is -2.10. The normalized spacial score (nSPS) is 10.9. The van der Waals surface area contributed by atoms with E-state index in [1.165, 1.54) is 11.1 Å². The number of aryl methyl sites for hydroxylation is 2. The van der Waals surface area contributed by atoms with Crippen LogP contribution in [0.4, 0.5) is 0 Å². The Morgan fingerprint density at radius 3 is 2.36 bits per heavy atom. The average molecular weight is 292 g/mol. The number of hydrogen-bond donors (Lipinski definition) is 1. The van der Waals surface area contributed by atoms with E-state index in [9.17, 15) is 5.11 Å². The summed E-state index contributed by atoms with van der Waals surface area (Å²) in [6.45, 7) is 6.17. The van der Waals surface area contributed by atoms with Crippen molar-refractivity contribution in [2.24, 2.45) is 0 Å². The molecule has 0 bridgehead atoms. The van der Waals surface area contributed by atoms with Crippen molar-refractivity contribution in [3.8, 4) is 22.8 Å². The lowest BCUT2D eigenvalue weighted by atomic mass is 10.0. The topological polar surface area (TPSA) is 38.1 Å². The van der Waals surface area contributed by atoms with Gasteiger partial charge in [-0.05, 0) is 38.5 Å². The summed E-state index contributed by atoms with van der Waals surface area (Å²) in [5.74, 6) is 0.111. The zero-order valence-corrected chi connectivity index (χ0v) is 13.2. The highest BCUT2D eigenvalue weighted by Crippen LogP contribution is 2.33.